The van der Waals surface area contributed by atoms with Gasteiger partial charge in [0.15, 0.2) is 0 Å². The molecule has 0 radical (unpaired) electrons. The second kappa shape index (κ2) is 5.77. The SMILES string of the molecule is CCN1CCC(CNC(=O)NCC2(C(=O)O)CC2)C1. The molecule has 2 amide bonds. The van der Waals surface area contributed by atoms with Gasteiger partial charge in [-0.25, -0.2) is 4.79 Å². The van der Waals surface area contributed by atoms with Crippen LogP contribution in [0.3, 0.4) is 0 Å². The zero-order valence-electron chi connectivity index (χ0n) is 11.4. The Hall–Kier alpha value is -1.30. The van der Waals surface area contributed by atoms with E-state index in [1.165, 1.54) is 0 Å². The molecule has 0 bridgehead atoms. The van der Waals surface area contributed by atoms with E-state index in [0.29, 0.717) is 25.3 Å². The Morgan fingerprint density at radius 1 is 1.37 bits per heavy atom. The summed E-state index contributed by atoms with van der Waals surface area (Å²) in [6.07, 6.45) is 2.45. The Morgan fingerprint density at radius 3 is 2.63 bits per heavy atom. The quantitative estimate of drug-likeness (QED) is 0.655. The molecule has 6 heteroatoms. The predicted molar refractivity (Wildman–Crippen MR) is 70.9 cm³/mol. The van der Waals surface area contributed by atoms with Crippen molar-refractivity contribution in [3.8, 4) is 0 Å². The fourth-order valence-electron chi connectivity index (χ4n) is 2.53. The summed E-state index contributed by atoms with van der Waals surface area (Å²) in [4.78, 5) is 24.9. The molecule has 0 aromatic heterocycles. The third kappa shape index (κ3) is 3.59. The summed E-state index contributed by atoms with van der Waals surface area (Å²) in [5, 5.41) is 14.5. The second-order valence-electron chi connectivity index (χ2n) is 5.70. The lowest BCUT2D eigenvalue weighted by atomic mass is 10.1. The zero-order valence-corrected chi connectivity index (χ0v) is 11.4. The van der Waals surface area contributed by atoms with Crippen LogP contribution < -0.4 is 10.6 Å². The molecule has 1 aliphatic heterocycles. The molecule has 6 nitrogen and oxygen atoms in total. The van der Waals surface area contributed by atoms with Crippen molar-refractivity contribution in [2.24, 2.45) is 11.3 Å². The molecule has 1 unspecified atom stereocenters. The number of aliphatic carboxylic acids is 1. The van der Waals surface area contributed by atoms with Gasteiger partial charge in [-0.05, 0) is 38.3 Å². The Kier molecular flexibility index (Phi) is 4.29. The van der Waals surface area contributed by atoms with Crippen molar-refractivity contribution < 1.29 is 14.7 Å². The highest BCUT2D eigenvalue weighted by Gasteiger charge is 2.50. The highest BCUT2D eigenvalue weighted by Crippen LogP contribution is 2.45. The smallest absolute Gasteiger partial charge is 0.314 e. The standard InChI is InChI=1S/C13H23N3O3/c1-2-16-6-3-10(8-16)7-14-12(19)15-9-13(4-5-13)11(17)18/h10H,2-9H2,1H3,(H,17,18)(H2,14,15,19). The molecule has 0 aromatic carbocycles. The number of rotatable bonds is 6. The Morgan fingerprint density at radius 2 is 2.11 bits per heavy atom. The fraction of sp³-hybridized carbons (Fsp3) is 0.846. The van der Waals surface area contributed by atoms with Crippen LogP contribution in [0.4, 0.5) is 4.79 Å². The average molecular weight is 269 g/mol. The van der Waals surface area contributed by atoms with Gasteiger partial charge in [0.25, 0.3) is 0 Å². The van der Waals surface area contributed by atoms with Crippen LogP contribution >= 0.6 is 0 Å². The molecule has 1 saturated heterocycles. The zero-order chi connectivity index (χ0) is 13.9. The van der Waals surface area contributed by atoms with Gasteiger partial charge >= 0.3 is 12.0 Å². The number of carbonyl (C=O) groups is 2. The summed E-state index contributed by atoms with van der Waals surface area (Å²) in [5.74, 6) is -0.290. The van der Waals surface area contributed by atoms with Crippen molar-refractivity contribution in [3.05, 3.63) is 0 Å². The molecule has 19 heavy (non-hydrogen) atoms. The van der Waals surface area contributed by atoms with Crippen molar-refractivity contribution in [1.29, 1.82) is 0 Å². The molecule has 3 N–H and O–H groups in total. The first-order chi connectivity index (χ1) is 9.05. The van der Waals surface area contributed by atoms with Gasteiger partial charge in [-0.2, -0.15) is 0 Å². The number of carbonyl (C=O) groups excluding carboxylic acids is 1. The minimum Gasteiger partial charge on any atom is -0.481 e. The van der Waals surface area contributed by atoms with E-state index >= 15 is 0 Å². The fourth-order valence-corrected chi connectivity index (χ4v) is 2.53. The maximum absolute atomic E-state index is 11.6. The largest absolute Gasteiger partial charge is 0.481 e. The Balaban J connectivity index is 1.62. The van der Waals surface area contributed by atoms with Crippen LogP contribution in [0.2, 0.25) is 0 Å². The summed E-state index contributed by atoms with van der Waals surface area (Å²) in [7, 11) is 0. The summed E-state index contributed by atoms with van der Waals surface area (Å²) in [6, 6.07) is -0.248. The topological polar surface area (TPSA) is 81.7 Å². The van der Waals surface area contributed by atoms with E-state index < -0.39 is 11.4 Å². The maximum atomic E-state index is 11.6. The van der Waals surface area contributed by atoms with Crippen LogP contribution in [0.1, 0.15) is 26.2 Å². The lowest BCUT2D eigenvalue weighted by Crippen LogP contribution is -2.42. The van der Waals surface area contributed by atoms with E-state index in [-0.39, 0.29) is 12.6 Å². The molecule has 2 aliphatic rings. The molecule has 1 aliphatic carbocycles. The van der Waals surface area contributed by atoms with Gasteiger partial charge in [-0.3, -0.25) is 4.79 Å². The van der Waals surface area contributed by atoms with Crippen molar-refractivity contribution >= 4 is 12.0 Å². The normalized spacial score (nSPS) is 25.0. The first-order valence-electron chi connectivity index (χ1n) is 7.03. The molecule has 0 aromatic rings. The molecule has 1 atom stereocenters. The minimum absolute atomic E-state index is 0.236. The van der Waals surface area contributed by atoms with Gasteiger partial charge in [0.05, 0.1) is 5.41 Å². The number of carboxylic acid groups (broad SMARTS) is 1. The number of hydrogen-bond acceptors (Lipinski definition) is 3. The monoisotopic (exact) mass is 269 g/mol. The molecular formula is C13H23N3O3. The highest BCUT2D eigenvalue weighted by atomic mass is 16.4. The highest BCUT2D eigenvalue weighted by molar-refractivity contribution is 5.80. The average Bonchev–Trinajstić information content (AvgIpc) is 3.06. The number of carboxylic acids is 1. The van der Waals surface area contributed by atoms with Gasteiger partial charge in [-0.1, -0.05) is 6.92 Å². The van der Waals surface area contributed by atoms with Crippen LogP contribution in [-0.2, 0) is 4.79 Å². The molecular weight excluding hydrogens is 246 g/mol. The maximum Gasteiger partial charge on any atom is 0.314 e. The number of nitrogens with one attached hydrogen (secondary N) is 2. The minimum atomic E-state index is -0.804. The van der Waals surface area contributed by atoms with Crippen molar-refractivity contribution in [2.75, 3.05) is 32.7 Å². The lowest BCUT2D eigenvalue weighted by molar-refractivity contribution is -0.143. The van der Waals surface area contributed by atoms with Crippen molar-refractivity contribution in [1.82, 2.24) is 15.5 Å². The molecule has 1 saturated carbocycles. The molecule has 1 heterocycles. The first-order valence-corrected chi connectivity index (χ1v) is 7.03. The Bertz CT molecular complexity index is 355. The third-order valence-corrected chi connectivity index (χ3v) is 4.26. The number of amides is 2. The summed E-state index contributed by atoms with van der Waals surface area (Å²) in [5.41, 5.74) is -0.691. The van der Waals surface area contributed by atoms with Crippen LogP contribution in [0.15, 0.2) is 0 Å². The van der Waals surface area contributed by atoms with Crippen LogP contribution in [0.5, 0.6) is 0 Å². The summed E-state index contributed by atoms with van der Waals surface area (Å²) in [6.45, 7) is 6.25. The number of urea groups is 1. The van der Waals surface area contributed by atoms with Crippen molar-refractivity contribution in [3.63, 3.8) is 0 Å². The van der Waals surface area contributed by atoms with Gasteiger partial charge in [0, 0.05) is 19.6 Å². The molecule has 108 valence electrons. The van der Waals surface area contributed by atoms with E-state index in [9.17, 15) is 9.59 Å². The van der Waals surface area contributed by atoms with Gasteiger partial charge in [-0.15, -0.1) is 0 Å². The van der Waals surface area contributed by atoms with Gasteiger partial charge in [0.2, 0.25) is 0 Å². The second-order valence-corrected chi connectivity index (χ2v) is 5.70. The molecule has 0 spiro atoms. The van der Waals surface area contributed by atoms with E-state index in [1.807, 2.05) is 0 Å². The number of likely N-dealkylation sites (tertiary alicyclic amines) is 1. The predicted octanol–water partition coefficient (Wildman–Crippen LogP) is 0.492. The van der Waals surface area contributed by atoms with E-state index in [4.69, 9.17) is 5.11 Å². The Labute approximate surface area is 113 Å². The van der Waals surface area contributed by atoms with Crippen LogP contribution in [-0.4, -0.2) is 54.7 Å². The van der Waals surface area contributed by atoms with Gasteiger partial charge in [0.1, 0.15) is 0 Å². The third-order valence-electron chi connectivity index (χ3n) is 4.26. The summed E-state index contributed by atoms with van der Waals surface area (Å²) >= 11 is 0. The number of nitrogens with zero attached hydrogens (tertiary/aromatic N) is 1. The van der Waals surface area contributed by atoms with E-state index in [2.05, 4.69) is 22.5 Å². The van der Waals surface area contributed by atoms with E-state index in [0.717, 1.165) is 26.1 Å². The first kappa shape index (κ1) is 14.1. The molecule has 2 rings (SSSR count). The van der Waals surface area contributed by atoms with Crippen LogP contribution in [0, 0.1) is 11.3 Å². The number of hydrogen-bond donors (Lipinski definition) is 3. The van der Waals surface area contributed by atoms with E-state index in [1.54, 1.807) is 0 Å². The van der Waals surface area contributed by atoms with Gasteiger partial charge < -0.3 is 20.6 Å². The summed E-state index contributed by atoms with van der Waals surface area (Å²) < 4.78 is 0. The van der Waals surface area contributed by atoms with Crippen molar-refractivity contribution in [2.45, 2.75) is 26.2 Å². The van der Waals surface area contributed by atoms with Crippen LogP contribution in [0.25, 0.3) is 0 Å². The lowest BCUT2D eigenvalue weighted by Gasteiger charge is -2.15. The molecule has 2 fully saturated rings.